The first-order valence-corrected chi connectivity index (χ1v) is 6.65. The Hall–Kier alpha value is -2.51. The summed E-state index contributed by atoms with van der Waals surface area (Å²) >= 11 is 0. The van der Waals surface area contributed by atoms with Crippen LogP contribution >= 0.6 is 0 Å². The minimum atomic E-state index is -0.973. The average Bonchev–Trinajstić information content (AvgIpc) is 2.39. The number of esters is 1. The lowest BCUT2D eigenvalue weighted by atomic mass is 9.98. The molecule has 0 aliphatic carbocycles. The summed E-state index contributed by atoms with van der Waals surface area (Å²) in [4.78, 5) is 22.2. The number of carbonyl (C=O) groups excluding carboxylic acids is 1. The summed E-state index contributed by atoms with van der Waals surface area (Å²) in [6, 6.07) is 1.39. The molecule has 118 valence electrons. The maximum Gasteiger partial charge on any atom is 0.330 e. The zero-order chi connectivity index (χ0) is 16.3. The van der Waals surface area contributed by atoms with Gasteiger partial charge in [-0.3, -0.25) is 10.1 Å². The zero-order valence-electron chi connectivity index (χ0n) is 11.8. The lowest BCUT2D eigenvalue weighted by Gasteiger charge is -2.39. The second-order valence-corrected chi connectivity index (χ2v) is 4.79. The Morgan fingerprint density at radius 1 is 1.45 bits per heavy atom. The number of anilines is 1. The molecule has 0 N–H and O–H groups in total. The quantitative estimate of drug-likeness (QED) is 0.361. The van der Waals surface area contributed by atoms with Gasteiger partial charge in [0.25, 0.3) is 5.69 Å². The van der Waals surface area contributed by atoms with Crippen LogP contribution in [0.4, 0.5) is 20.2 Å². The minimum absolute atomic E-state index is 0.0293. The number of ether oxygens (including phenoxy) is 1. The number of halogens is 2. The van der Waals surface area contributed by atoms with Crippen molar-refractivity contribution >= 4 is 17.3 Å². The Kier molecular flexibility index (Phi) is 4.69. The molecule has 0 bridgehead atoms. The molecule has 1 aliphatic heterocycles. The molecular weight excluding hydrogens is 298 g/mol. The van der Waals surface area contributed by atoms with Crippen molar-refractivity contribution in [3.05, 3.63) is 46.0 Å². The summed E-state index contributed by atoms with van der Waals surface area (Å²) < 4.78 is 32.3. The van der Waals surface area contributed by atoms with Gasteiger partial charge < -0.3 is 9.64 Å². The van der Waals surface area contributed by atoms with Crippen molar-refractivity contribution in [1.29, 1.82) is 0 Å². The number of carbonyl (C=O) groups is 1. The molecule has 0 radical (unpaired) electrons. The highest BCUT2D eigenvalue weighted by atomic mass is 19.1. The molecule has 1 aliphatic rings. The SMILES string of the molecule is CCOC(=O)/C=C/C1CN(c2c(F)cc([N+](=O)[O-])cc2F)C1. The number of non-ortho nitro benzene ring substituents is 1. The van der Waals surface area contributed by atoms with E-state index in [0.29, 0.717) is 25.2 Å². The number of rotatable bonds is 5. The number of hydrogen-bond acceptors (Lipinski definition) is 5. The normalized spacial score (nSPS) is 15.0. The summed E-state index contributed by atoms with van der Waals surface area (Å²) in [6.07, 6.45) is 2.91. The highest BCUT2D eigenvalue weighted by molar-refractivity contribution is 5.82. The highest BCUT2D eigenvalue weighted by Gasteiger charge is 2.30. The Balaban J connectivity index is 2.02. The summed E-state index contributed by atoms with van der Waals surface area (Å²) in [6.45, 7) is 2.61. The molecule has 0 unspecified atom stereocenters. The predicted molar refractivity (Wildman–Crippen MR) is 74.5 cm³/mol. The fourth-order valence-electron chi connectivity index (χ4n) is 2.18. The fourth-order valence-corrected chi connectivity index (χ4v) is 2.18. The van der Waals surface area contributed by atoms with Gasteiger partial charge in [-0.2, -0.15) is 0 Å². The first kappa shape index (κ1) is 15.9. The minimum Gasteiger partial charge on any atom is -0.463 e. The zero-order valence-corrected chi connectivity index (χ0v) is 11.8. The van der Waals surface area contributed by atoms with Gasteiger partial charge in [-0.25, -0.2) is 13.6 Å². The molecule has 2 rings (SSSR count). The largest absolute Gasteiger partial charge is 0.463 e. The summed E-state index contributed by atoms with van der Waals surface area (Å²) in [5.74, 6) is -2.44. The molecule has 8 heteroatoms. The fraction of sp³-hybridized carbons (Fsp3) is 0.357. The standard InChI is InChI=1S/C14H14F2N2O4/c1-2-22-13(19)4-3-9-7-17(8-9)14-11(15)5-10(18(20)21)6-12(14)16/h3-6,9H,2,7-8H2,1H3/b4-3+. The van der Waals surface area contributed by atoms with E-state index in [1.807, 2.05) is 0 Å². The summed E-state index contributed by atoms with van der Waals surface area (Å²) in [5.41, 5.74) is -0.913. The van der Waals surface area contributed by atoms with Gasteiger partial charge in [0.1, 0.15) is 5.69 Å². The van der Waals surface area contributed by atoms with E-state index in [-0.39, 0.29) is 18.2 Å². The highest BCUT2D eigenvalue weighted by Crippen LogP contribution is 2.33. The third-order valence-corrected chi connectivity index (χ3v) is 3.23. The topological polar surface area (TPSA) is 72.7 Å². The van der Waals surface area contributed by atoms with Crippen LogP contribution in [-0.4, -0.2) is 30.6 Å². The van der Waals surface area contributed by atoms with Crippen molar-refractivity contribution in [2.75, 3.05) is 24.6 Å². The Bertz CT molecular complexity index is 604. The van der Waals surface area contributed by atoms with Crippen molar-refractivity contribution in [2.24, 2.45) is 5.92 Å². The first-order valence-electron chi connectivity index (χ1n) is 6.65. The van der Waals surface area contributed by atoms with Gasteiger partial charge in [0.05, 0.1) is 23.7 Å². The van der Waals surface area contributed by atoms with Crippen LogP contribution in [0.15, 0.2) is 24.3 Å². The molecule has 0 spiro atoms. The van der Waals surface area contributed by atoms with Gasteiger partial charge in [-0.05, 0) is 6.92 Å². The van der Waals surface area contributed by atoms with Crippen molar-refractivity contribution in [2.45, 2.75) is 6.92 Å². The molecule has 1 saturated heterocycles. The molecule has 0 saturated carbocycles. The van der Waals surface area contributed by atoms with Crippen molar-refractivity contribution in [1.82, 2.24) is 0 Å². The Labute approximate surface area is 125 Å². The van der Waals surface area contributed by atoms with E-state index in [0.717, 1.165) is 0 Å². The van der Waals surface area contributed by atoms with Gasteiger partial charge in [0.15, 0.2) is 11.6 Å². The van der Waals surface area contributed by atoms with Crippen LogP contribution in [0.1, 0.15) is 6.92 Å². The van der Waals surface area contributed by atoms with E-state index < -0.39 is 28.2 Å². The summed E-state index contributed by atoms with van der Waals surface area (Å²) in [5, 5.41) is 10.5. The maximum absolute atomic E-state index is 13.8. The van der Waals surface area contributed by atoms with E-state index in [1.54, 1.807) is 13.0 Å². The second kappa shape index (κ2) is 6.50. The summed E-state index contributed by atoms with van der Waals surface area (Å²) in [7, 11) is 0. The first-order chi connectivity index (χ1) is 10.4. The number of benzene rings is 1. The molecule has 0 aromatic heterocycles. The van der Waals surface area contributed by atoms with E-state index in [1.165, 1.54) is 11.0 Å². The number of nitro benzene ring substituents is 1. The van der Waals surface area contributed by atoms with Gasteiger partial charge >= 0.3 is 5.97 Å². The molecule has 22 heavy (non-hydrogen) atoms. The van der Waals surface area contributed by atoms with Gasteiger partial charge in [-0.15, -0.1) is 0 Å². The van der Waals surface area contributed by atoms with E-state index in [4.69, 9.17) is 4.74 Å². The molecule has 1 aromatic carbocycles. The molecule has 1 heterocycles. The number of hydrogen-bond donors (Lipinski definition) is 0. The van der Waals surface area contributed by atoms with E-state index in [2.05, 4.69) is 0 Å². The Morgan fingerprint density at radius 3 is 2.55 bits per heavy atom. The smallest absolute Gasteiger partial charge is 0.330 e. The number of nitro groups is 1. The molecule has 1 fully saturated rings. The van der Waals surface area contributed by atoms with Crippen molar-refractivity contribution < 1.29 is 23.2 Å². The van der Waals surface area contributed by atoms with Gasteiger partial charge in [0, 0.05) is 25.1 Å². The van der Waals surface area contributed by atoms with Gasteiger partial charge in [0.2, 0.25) is 0 Å². The maximum atomic E-state index is 13.8. The van der Waals surface area contributed by atoms with Gasteiger partial charge in [-0.1, -0.05) is 6.08 Å². The van der Waals surface area contributed by atoms with Crippen LogP contribution in [0.2, 0.25) is 0 Å². The van der Waals surface area contributed by atoms with E-state index >= 15 is 0 Å². The second-order valence-electron chi connectivity index (χ2n) is 4.79. The average molecular weight is 312 g/mol. The number of nitrogens with zero attached hydrogens (tertiary/aromatic N) is 2. The monoisotopic (exact) mass is 312 g/mol. The third kappa shape index (κ3) is 3.38. The predicted octanol–water partition coefficient (Wildman–Crippen LogP) is 2.43. The van der Waals surface area contributed by atoms with E-state index in [9.17, 15) is 23.7 Å². The van der Waals surface area contributed by atoms with Crippen LogP contribution in [0, 0.1) is 27.7 Å². The molecular formula is C14H14F2N2O4. The lowest BCUT2D eigenvalue weighted by Crippen LogP contribution is -2.46. The molecule has 0 atom stereocenters. The molecule has 1 aromatic rings. The van der Waals surface area contributed by atoms with Crippen LogP contribution in [0.5, 0.6) is 0 Å². The van der Waals surface area contributed by atoms with Crippen molar-refractivity contribution in [3.63, 3.8) is 0 Å². The molecule has 0 amide bonds. The lowest BCUT2D eigenvalue weighted by molar-refractivity contribution is -0.385. The molecule has 6 nitrogen and oxygen atoms in total. The Morgan fingerprint density at radius 2 is 2.05 bits per heavy atom. The van der Waals surface area contributed by atoms with Crippen LogP contribution in [0.25, 0.3) is 0 Å². The third-order valence-electron chi connectivity index (χ3n) is 3.23. The van der Waals surface area contributed by atoms with Crippen LogP contribution < -0.4 is 4.90 Å². The van der Waals surface area contributed by atoms with Crippen LogP contribution in [-0.2, 0) is 9.53 Å². The van der Waals surface area contributed by atoms with Crippen molar-refractivity contribution in [3.8, 4) is 0 Å². The van der Waals surface area contributed by atoms with Crippen LogP contribution in [0.3, 0.4) is 0 Å².